The Morgan fingerprint density at radius 2 is 2.31 bits per heavy atom. The molecule has 0 aromatic carbocycles. The zero-order valence-electron chi connectivity index (χ0n) is 9.12. The third-order valence-electron chi connectivity index (χ3n) is 2.97. The highest BCUT2D eigenvalue weighted by atomic mass is 16.3. The number of aromatic amines is 1. The summed E-state index contributed by atoms with van der Waals surface area (Å²) in [5.41, 5.74) is 0.757. The molecule has 6 nitrogen and oxygen atoms in total. The Kier molecular flexibility index (Phi) is 2.93. The number of hydrogen-bond donors (Lipinski definition) is 3. The first-order valence-corrected chi connectivity index (χ1v) is 5.31. The largest absolute Gasteiger partial charge is 0.395 e. The van der Waals surface area contributed by atoms with Crippen molar-refractivity contribution in [1.82, 2.24) is 14.9 Å². The van der Waals surface area contributed by atoms with Crippen LogP contribution in [0.1, 0.15) is 23.7 Å². The van der Waals surface area contributed by atoms with Crippen LogP contribution < -0.4 is 16.6 Å². The molecule has 16 heavy (non-hydrogen) atoms. The molecule has 6 heteroatoms. The molecule has 1 aromatic rings. The SMILES string of the molecule is Cn1c(=O)[nH]c2c(c1=O)CC[C@@H]2NCCO. The van der Waals surface area contributed by atoms with Crippen LogP contribution in [0, 0.1) is 0 Å². The van der Waals surface area contributed by atoms with Gasteiger partial charge in [-0.05, 0) is 12.8 Å². The average molecular weight is 225 g/mol. The molecule has 1 aliphatic carbocycles. The lowest BCUT2D eigenvalue weighted by molar-refractivity contribution is 0.283. The average Bonchev–Trinajstić information content (AvgIpc) is 2.66. The summed E-state index contributed by atoms with van der Waals surface area (Å²) in [5.74, 6) is 0. The molecule has 3 N–H and O–H groups in total. The van der Waals surface area contributed by atoms with Crippen LogP contribution in [-0.4, -0.2) is 27.8 Å². The third-order valence-corrected chi connectivity index (χ3v) is 2.97. The number of rotatable bonds is 3. The molecule has 0 amide bonds. The van der Waals surface area contributed by atoms with Crippen LogP contribution >= 0.6 is 0 Å². The van der Waals surface area contributed by atoms with Crippen LogP contribution in [0.15, 0.2) is 9.59 Å². The molecule has 1 atom stereocenters. The second-order valence-electron chi connectivity index (χ2n) is 3.96. The number of aromatic nitrogens is 2. The highest BCUT2D eigenvalue weighted by molar-refractivity contribution is 5.25. The maximum atomic E-state index is 11.8. The number of aliphatic hydroxyl groups excluding tert-OH is 1. The zero-order valence-corrected chi connectivity index (χ0v) is 9.12. The van der Waals surface area contributed by atoms with E-state index in [4.69, 9.17) is 5.11 Å². The van der Waals surface area contributed by atoms with Crippen molar-refractivity contribution in [3.8, 4) is 0 Å². The van der Waals surface area contributed by atoms with E-state index in [0.29, 0.717) is 24.2 Å². The van der Waals surface area contributed by atoms with Crippen molar-refractivity contribution < 1.29 is 5.11 Å². The van der Waals surface area contributed by atoms with Gasteiger partial charge in [0, 0.05) is 30.9 Å². The van der Waals surface area contributed by atoms with Crippen molar-refractivity contribution >= 4 is 0 Å². The molecular weight excluding hydrogens is 210 g/mol. The van der Waals surface area contributed by atoms with Crippen molar-refractivity contribution in [3.05, 3.63) is 32.1 Å². The first-order chi connectivity index (χ1) is 7.65. The summed E-state index contributed by atoms with van der Waals surface area (Å²) in [6.45, 7) is 0.502. The van der Waals surface area contributed by atoms with Gasteiger partial charge in [-0.15, -0.1) is 0 Å². The summed E-state index contributed by atoms with van der Waals surface area (Å²) in [5, 5.41) is 11.8. The van der Waals surface area contributed by atoms with Crippen LogP contribution in [0.25, 0.3) is 0 Å². The van der Waals surface area contributed by atoms with Gasteiger partial charge in [-0.1, -0.05) is 0 Å². The number of H-pyrrole nitrogens is 1. The highest BCUT2D eigenvalue weighted by Gasteiger charge is 2.26. The standard InChI is InChI=1S/C10H15N3O3/c1-13-9(15)6-2-3-7(11-4-5-14)8(6)12-10(13)16/h7,11,14H,2-5H2,1H3,(H,12,16)/t7-/m0/s1. The topological polar surface area (TPSA) is 87.1 Å². The van der Waals surface area contributed by atoms with Gasteiger partial charge >= 0.3 is 5.69 Å². The molecule has 88 valence electrons. The molecule has 1 heterocycles. The Hall–Kier alpha value is -1.40. The van der Waals surface area contributed by atoms with Gasteiger partial charge in [0.05, 0.1) is 6.61 Å². The van der Waals surface area contributed by atoms with E-state index >= 15 is 0 Å². The second kappa shape index (κ2) is 4.23. The van der Waals surface area contributed by atoms with Crippen LogP contribution in [0.3, 0.4) is 0 Å². The number of nitrogens with one attached hydrogen (secondary N) is 2. The zero-order chi connectivity index (χ0) is 11.7. The lowest BCUT2D eigenvalue weighted by Gasteiger charge is -2.12. The Bertz CT molecular complexity index is 503. The van der Waals surface area contributed by atoms with Crippen LogP contribution in [-0.2, 0) is 13.5 Å². The normalized spacial score (nSPS) is 18.8. The maximum Gasteiger partial charge on any atom is 0.328 e. The number of nitrogens with zero attached hydrogens (tertiary/aromatic N) is 1. The van der Waals surface area contributed by atoms with Gasteiger partial charge in [-0.25, -0.2) is 4.79 Å². The fourth-order valence-electron chi connectivity index (χ4n) is 2.10. The molecule has 2 rings (SSSR count). The minimum Gasteiger partial charge on any atom is -0.395 e. The van der Waals surface area contributed by atoms with Gasteiger partial charge in [-0.2, -0.15) is 0 Å². The Balaban J connectivity index is 2.41. The van der Waals surface area contributed by atoms with Crippen LogP contribution in [0.4, 0.5) is 0 Å². The summed E-state index contributed by atoms with van der Waals surface area (Å²) in [6, 6.07) is -0.0243. The minimum absolute atomic E-state index is 0.0243. The van der Waals surface area contributed by atoms with E-state index in [0.717, 1.165) is 11.0 Å². The first-order valence-electron chi connectivity index (χ1n) is 5.31. The quantitative estimate of drug-likeness (QED) is 0.593. The summed E-state index contributed by atoms with van der Waals surface area (Å²) < 4.78 is 1.09. The Morgan fingerprint density at radius 1 is 1.56 bits per heavy atom. The molecule has 0 unspecified atom stereocenters. The monoisotopic (exact) mass is 225 g/mol. The van der Waals surface area contributed by atoms with Gasteiger partial charge in [0.1, 0.15) is 0 Å². The molecule has 1 aromatic heterocycles. The fourth-order valence-corrected chi connectivity index (χ4v) is 2.10. The first kappa shape index (κ1) is 11.1. The Labute approximate surface area is 91.9 Å². The van der Waals surface area contributed by atoms with E-state index in [1.165, 1.54) is 7.05 Å². The van der Waals surface area contributed by atoms with Gasteiger partial charge < -0.3 is 15.4 Å². The predicted octanol–water partition coefficient (Wildman–Crippen LogP) is -1.36. The molecule has 0 saturated heterocycles. The molecule has 0 radical (unpaired) electrons. The van der Waals surface area contributed by atoms with E-state index in [1.54, 1.807) is 0 Å². The summed E-state index contributed by atoms with van der Waals surface area (Å²) in [6.07, 6.45) is 1.45. The van der Waals surface area contributed by atoms with Crippen molar-refractivity contribution in [2.45, 2.75) is 18.9 Å². The summed E-state index contributed by atoms with van der Waals surface area (Å²) >= 11 is 0. The second-order valence-corrected chi connectivity index (χ2v) is 3.96. The maximum absolute atomic E-state index is 11.8. The van der Waals surface area contributed by atoms with Gasteiger partial charge in [0.2, 0.25) is 0 Å². The van der Waals surface area contributed by atoms with Crippen molar-refractivity contribution in [2.24, 2.45) is 7.05 Å². The smallest absolute Gasteiger partial charge is 0.328 e. The molecular formula is C10H15N3O3. The predicted molar refractivity (Wildman–Crippen MR) is 58.5 cm³/mol. The van der Waals surface area contributed by atoms with E-state index in [-0.39, 0.29) is 23.9 Å². The summed E-state index contributed by atoms with van der Waals surface area (Å²) in [4.78, 5) is 25.9. The molecule has 0 aliphatic heterocycles. The molecule has 0 bridgehead atoms. The lowest BCUT2D eigenvalue weighted by atomic mass is 10.2. The molecule has 1 aliphatic rings. The number of fused-ring (bicyclic) bond motifs is 1. The van der Waals surface area contributed by atoms with Gasteiger partial charge in [0.15, 0.2) is 0 Å². The van der Waals surface area contributed by atoms with Crippen LogP contribution in [0.2, 0.25) is 0 Å². The van der Waals surface area contributed by atoms with Crippen molar-refractivity contribution in [2.75, 3.05) is 13.2 Å². The van der Waals surface area contributed by atoms with Gasteiger partial charge in [-0.3, -0.25) is 9.36 Å². The highest BCUT2D eigenvalue weighted by Crippen LogP contribution is 2.25. The van der Waals surface area contributed by atoms with E-state index in [9.17, 15) is 9.59 Å². The van der Waals surface area contributed by atoms with E-state index < -0.39 is 0 Å². The fraction of sp³-hybridized carbons (Fsp3) is 0.600. The number of hydrogen-bond acceptors (Lipinski definition) is 4. The molecule has 0 spiro atoms. The number of aliphatic hydroxyl groups is 1. The van der Waals surface area contributed by atoms with Crippen molar-refractivity contribution in [1.29, 1.82) is 0 Å². The van der Waals surface area contributed by atoms with Crippen LogP contribution in [0.5, 0.6) is 0 Å². The lowest BCUT2D eigenvalue weighted by Crippen LogP contribution is -2.36. The summed E-state index contributed by atoms with van der Waals surface area (Å²) in [7, 11) is 1.47. The molecule has 0 saturated carbocycles. The van der Waals surface area contributed by atoms with E-state index in [2.05, 4.69) is 10.3 Å². The van der Waals surface area contributed by atoms with E-state index in [1.807, 2.05) is 0 Å². The third kappa shape index (κ3) is 1.70. The Morgan fingerprint density at radius 3 is 3.00 bits per heavy atom. The molecule has 0 fully saturated rings. The van der Waals surface area contributed by atoms with Gasteiger partial charge in [0.25, 0.3) is 5.56 Å². The van der Waals surface area contributed by atoms with Crippen molar-refractivity contribution in [3.63, 3.8) is 0 Å². The minimum atomic E-state index is -0.388.